The van der Waals surface area contributed by atoms with Crippen molar-refractivity contribution in [1.29, 1.82) is 0 Å². The molecule has 0 radical (unpaired) electrons. The van der Waals surface area contributed by atoms with Crippen molar-refractivity contribution in [3.63, 3.8) is 0 Å². The first kappa shape index (κ1) is 28.2. The van der Waals surface area contributed by atoms with Gasteiger partial charge < -0.3 is 20.4 Å². The largest absolute Gasteiger partial charge is 0.359 e. The molecule has 0 spiro atoms. The maximum atomic E-state index is 12.3. The minimum Gasteiger partial charge on any atom is -0.359 e. The van der Waals surface area contributed by atoms with E-state index in [1.54, 1.807) is 18.8 Å². The van der Waals surface area contributed by atoms with Crippen molar-refractivity contribution in [3.05, 3.63) is 0 Å². The summed E-state index contributed by atoms with van der Waals surface area (Å²) in [4.78, 5) is 29.2. The van der Waals surface area contributed by atoms with Crippen LogP contribution in [0.3, 0.4) is 0 Å². The van der Waals surface area contributed by atoms with Crippen LogP contribution in [0.2, 0.25) is 0 Å². The van der Waals surface area contributed by atoms with Gasteiger partial charge in [-0.05, 0) is 32.0 Å². The SMILES string of the molecule is CCN(CC)CCN(CC)CCNC(=O)CSC(C)(C)CC(C(=O)NC)C(C)C. The molecule has 2 amide bonds. The number of carbonyl (C=O) groups is 2. The standard InChI is InChI=1S/C22H46N4O2S/c1-9-25(10-2)14-15-26(11-3)13-12-24-20(27)17-29-22(6,7)16-19(18(4)5)21(28)23-8/h18-19H,9-17H2,1-8H3,(H,23,28)(H,24,27). The summed E-state index contributed by atoms with van der Waals surface area (Å²) < 4.78 is -0.127. The third-order valence-electron chi connectivity index (χ3n) is 5.52. The van der Waals surface area contributed by atoms with Crippen LogP contribution >= 0.6 is 11.8 Å². The van der Waals surface area contributed by atoms with Crippen LogP contribution in [0.1, 0.15) is 54.9 Å². The lowest BCUT2D eigenvalue weighted by Crippen LogP contribution is -2.40. The highest BCUT2D eigenvalue weighted by Gasteiger charge is 2.30. The normalized spacial score (nSPS) is 13.2. The third kappa shape index (κ3) is 12.5. The van der Waals surface area contributed by atoms with Gasteiger partial charge in [-0.15, -0.1) is 11.8 Å². The lowest BCUT2D eigenvalue weighted by atomic mass is 9.86. The van der Waals surface area contributed by atoms with Gasteiger partial charge in [-0.25, -0.2) is 0 Å². The molecular formula is C22H46N4O2S. The predicted octanol–water partition coefficient (Wildman–Crippen LogP) is 2.69. The number of rotatable bonds is 16. The first-order valence-electron chi connectivity index (χ1n) is 11.2. The lowest BCUT2D eigenvalue weighted by molar-refractivity contribution is -0.126. The van der Waals surface area contributed by atoms with Gasteiger partial charge in [0.05, 0.1) is 5.75 Å². The molecule has 0 aromatic heterocycles. The average Bonchev–Trinajstić information content (AvgIpc) is 2.69. The molecule has 0 aliphatic rings. The number of likely N-dealkylation sites (N-methyl/N-ethyl adjacent to an activating group) is 2. The van der Waals surface area contributed by atoms with Gasteiger partial charge in [-0.3, -0.25) is 9.59 Å². The molecule has 0 bridgehead atoms. The summed E-state index contributed by atoms with van der Waals surface area (Å²) >= 11 is 1.63. The number of thioether (sulfide) groups is 1. The molecule has 29 heavy (non-hydrogen) atoms. The Morgan fingerprint density at radius 3 is 2.00 bits per heavy atom. The molecule has 172 valence electrons. The lowest BCUT2D eigenvalue weighted by Gasteiger charge is -2.30. The molecule has 1 unspecified atom stereocenters. The highest BCUT2D eigenvalue weighted by molar-refractivity contribution is 8.01. The van der Waals surface area contributed by atoms with E-state index in [-0.39, 0.29) is 28.4 Å². The molecule has 0 saturated carbocycles. The highest BCUT2D eigenvalue weighted by Crippen LogP contribution is 2.34. The van der Waals surface area contributed by atoms with Crippen molar-refractivity contribution >= 4 is 23.6 Å². The molecule has 1 atom stereocenters. The summed E-state index contributed by atoms with van der Waals surface area (Å²) in [5, 5.41) is 5.82. The molecule has 2 N–H and O–H groups in total. The van der Waals surface area contributed by atoms with Gasteiger partial charge in [0.25, 0.3) is 0 Å². The zero-order valence-electron chi connectivity index (χ0n) is 20.1. The smallest absolute Gasteiger partial charge is 0.230 e. The zero-order chi connectivity index (χ0) is 22.4. The van der Waals surface area contributed by atoms with Gasteiger partial charge in [-0.2, -0.15) is 0 Å². The molecule has 0 aliphatic carbocycles. The number of carbonyl (C=O) groups excluding carboxylic acids is 2. The summed E-state index contributed by atoms with van der Waals surface area (Å²) in [6.07, 6.45) is 0.761. The fourth-order valence-corrected chi connectivity index (χ4v) is 4.24. The number of amides is 2. The Kier molecular flexibility index (Phi) is 14.7. The Bertz CT molecular complexity index is 468. The summed E-state index contributed by atoms with van der Waals surface area (Å²) in [7, 11) is 1.69. The van der Waals surface area contributed by atoms with Crippen LogP contribution in [-0.4, -0.2) is 85.0 Å². The first-order chi connectivity index (χ1) is 13.6. The molecule has 0 heterocycles. The third-order valence-corrected chi connectivity index (χ3v) is 6.87. The van der Waals surface area contributed by atoms with E-state index < -0.39 is 0 Å². The molecule has 0 rings (SSSR count). The fourth-order valence-electron chi connectivity index (χ4n) is 3.32. The summed E-state index contributed by atoms with van der Waals surface area (Å²) in [6.45, 7) is 21.8. The van der Waals surface area contributed by atoms with Gasteiger partial charge in [-0.1, -0.05) is 48.5 Å². The molecule has 0 aromatic rings. The van der Waals surface area contributed by atoms with Gasteiger partial charge >= 0.3 is 0 Å². The van der Waals surface area contributed by atoms with Gasteiger partial charge in [0, 0.05) is 43.9 Å². The second kappa shape index (κ2) is 15.1. The van der Waals surface area contributed by atoms with Crippen molar-refractivity contribution in [2.75, 3.05) is 58.6 Å². The van der Waals surface area contributed by atoms with E-state index >= 15 is 0 Å². The Hall–Kier alpha value is -0.790. The van der Waals surface area contributed by atoms with E-state index in [0.717, 1.165) is 45.7 Å². The predicted molar refractivity (Wildman–Crippen MR) is 126 cm³/mol. The second-order valence-electron chi connectivity index (χ2n) is 8.53. The van der Waals surface area contributed by atoms with Crippen molar-refractivity contribution in [3.8, 4) is 0 Å². The van der Waals surface area contributed by atoms with E-state index in [2.05, 4.69) is 68.9 Å². The molecule has 0 aliphatic heterocycles. The minimum absolute atomic E-state index is 0.0329. The summed E-state index contributed by atoms with van der Waals surface area (Å²) in [6, 6.07) is 0. The van der Waals surface area contributed by atoms with Crippen LogP contribution in [0.25, 0.3) is 0 Å². The highest BCUT2D eigenvalue weighted by atomic mass is 32.2. The molecule has 0 fully saturated rings. The Labute approximate surface area is 183 Å². The Morgan fingerprint density at radius 2 is 1.52 bits per heavy atom. The van der Waals surface area contributed by atoms with Crippen LogP contribution in [0.15, 0.2) is 0 Å². The zero-order valence-corrected chi connectivity index (χ0v) is 21.0. The van der Waals surface area contributed by atoms with Crippen LogP contribution < -0.4 is 10.6 Å². The van der Waals surface area contributed by atoms with Gasteiger partial charge in [0.15, 0.2) is 0 Å². The van der Waals surface area contributed by atoms with Crippen LogP contribution in [0, 0.1) is 11.8 Å². The quantitative estimate of drug-likeness (QED) is 0.394. The Balaban J connectivity index is 4.31. The number of hydrogen-bond acceptors (Lipinski definition) is 5. The molecule has 0 saturated heterocycles. The van der Waals surface area contributed by atoms with E-state index in [1.807, 2.05) is 0 Å². The van der Waals surface area contributed by atoms with Gasteiger partial charge in [0.1, 0.15) is 0 Å². The monoisotopic (exact) mass is 430 g/mol. The van der Waals surface area contributed by atoms with E-state index in [9.17, 15) is 9.59 Å². The topological polar surface area (TPSA) is 64.7 Å². The van der Waals surface area contributed by atoms with Crippen molar-refractivity contribution < 1.29 is 9.59 Å². The van der Waals surface area contributed by atoms with E-state index in [1.165, 1.54) is 0 Å². The maximum absolute atomic E-state index is 12.3. The minimum atomic E-state index is -0.127. The molecule has 0 aromatic carbocycles. The van der Waals surface area contributed by atoms with E-state index in [0.29, 0.717) is 12.3 Å². The molecular weight excluding hydrogens is 384 g/mol. The maximum Gasteiger partial charge on any atom is 0.230 e. The summed E-state index contributed by atoms with van der Waals surface area (Å²) in [5.74, 6) is 0.831. The average molecular weight is 431 g/mol. The van der Waals surface area contributed by atoms with E-state index in [4.69, 9.17) is 0 Å². The van der Waals surface area contributed by atoms with Crippen molar-refractivity contribution in [2.45, 2.75) is 59.6 Å². The van der Waals surface area contributed by atoms with Crippen molar-refractivity contribution in [2.24, 2.45) is 11.8 Å². The van der Waals surface area contributed by atoms with Crippen LogP contribution in [0.5, 0.6) is 0 Å². The second-order valence-corrected chi connectivity index (χ2v) is 10.2. The van der Waals surface area contributed by atoms with Crippen LogP contribution in [0.4, 0.5) is 0 Å². The number of nitrogens with zero attached hydrogens (tertiary/aromatic N) is 2. The summed E-state index contributed by atoms with van der Waals surface area (Å²) in [5.41, 5.74) is 0. The molecule has 6 nitrogen and oxygen atoms in total. The molecule has 7 heteroatoms. The van der Waals surface area contributed by atoms with Crippen LogP contribution in [-0.2, 0) is 9.59 Å². The Morgan fingerprint density at radius 1 is 0.966 bits per heavy atom. The fraction of sp³-hybridized carbons (Fsp3) is 0.909. The number of nitrogens with one attached hydrogen (secondary N) is 2. The van der Waals surface area contributed by atoms with Gasteiger partial charge in [0.2, 0.25) is 11.8 Å². The number of hydrogen-bond donors (Lipinski definition) is 2. The van der Waals surface area contributed by atoms with Crippen molar-refractivity contribution in [1.82, 2.24) is 20.4 Å². The first-order valence-corrected chi connectivity index (χ1v) is 12.2.